The molecule has 1 amide bonds. The number of nitrogens with two attached hydrogens (primary N) is 2. The van der Waals surface area contributed by atoms with Crippen LogP contribution in [0, 0.1) is 5.82 Å². The highest BCUT2D eigenvalue weighted by Crippen LogP contribution is 2.28. The van der Waals surface area contributed by atoms with Gasteiger partial charge in [0, 0.05) is 29.2 Å². The largest absolute Gasteiger partial charge is 0.481 e. The molecule has 8 nitrogen and oxygen atoms in total. The number of nitrogens with zero attached hydrogens (tertiary/aromatic N) is 2. The first-order chi connectivity index (χ1) is 14.9. The second-order valence-electron chi connectivity index (χ2n) is 7.66. The average molecular weight is 424 g/mol. The molecule has 1 saturated carbocycles. The molecule has 1 aromatic carbocycles. The van der Waals surface area contributed by atoms with Crippen LogP contribution in [0.3, 0.4) is 0 Å². The predicted octanol–water partition coefficient (Wildman–Crippen LogP) is 3.30. The van der Waals surface area contributed by atoms with Crippen LogP contribution in [0.25, 0.3) is 10.9 Å². The first kappa shape index (κ1) is 20.8. The Kier molecular flexibility index (Phi) is 5.85. The fourth-order valence-electron chi connectivity index (χ4n) is 3.82. The lowest BCUT2D eigenvalue weighted by Crippen LogP contribution is -2.43. The lowest BCUT2D eigenvalue weighted by Gasteiger charge is -2.30. The average Bonchev–Trinajstić information content (AvgIpc) is 2.76. The molecule has 2 atom stereocenters. The zero-order valence-corrected chi connectivity index (χ0v) is 17.2. The van der Waals surface area contributed by atoms with Gasteiger partial charge in [0.1, 0.15) is 5.82 Å². The number of amides is 1. The van der Waals surface area contributed by atoms with Crippen molar-refractivity contribution in [2.75, 3.05) is 17.7 Å². The zero-order valence-electron chi connectivity index (χ0n) is 17.2. The van der Waals surface area contributed by atoms with Crippen molar-refractivity contribution in [3.63, 3.8) is 0 Å². The lowest BCUT2D eigenvalue weighted by atomic mass is 9.91. The van der Waals surface area contributed by atoms with E-state index in [9.17, 15) is 9.18 Å². The van der Waals surface area contributed by atoms with E-state index in [-0.39, 0.29) is 29.3 Å². The van der Waals surface area contributed by atoms with E-state index < -0.39 is 11.7 Å². The summed E-state index contributed by atoms with van der Waals surface area (Å²) in [5.41, 5.74) is 13.0. The van der Waals surface area contributed by atoms with Crippen molar-refractivity contribution in [1.82, 2.24) is 9.97 Å². The van der Waals surface area contributed by atoms with Gasteiger partial charge >= 0.3 is 0 Å². The van der Waals surface area contributed by atoms with E-state index in [0.29, 0.717) is 11.6 Å². The van der Waals surface area contributed by atoms with Gasteiger partial charge in [0.15, 0.2) is 11.6 Å². The van der Waals surface area contributed by atoms with Crippen LogP contribution < -0.4 is 26.8 Å². The SMILES string of the molecule is COc1ccc2cc(Nc3nc(N[C@@H]4CCCCC4N)c(F)cc3C(N)=O)ccc2n1. The Morgan fingerprint density at radius 2 is 1.94 bits per heavy atom. The molecule has 2 aromatic heterocycles. The van der Waals surface area contributed by atoms with Crippen LogP contribution in [0.4, 0.5) is 21.7 Å². The number of hydrogen-bond acceptors (Lipinski definition) is 7. The number of anilines is 3. The Morgan fingerprint density at radius 1 is 1.13 bits per heavy atom. The van der Waals surface area contributed by atoms with Crippen molar-refractivity contribution < 1.29 is 13.9 Å². The van der Waals surface area contributed by atoms with Crippen LogP contribution in [-0.4, -0.2) is 35.1 Å². The highest BCUT2D eigenvalue weighted by molar-refractivity contribution is 5.99. The third kappa shape index (κ3) is 4.51. The number of carbonyl (C=O) groups is 1. The predicted molar refractivity (Wildman–Crippen MR) is 118 cm³/mol. The summed E-state index contributed by atoms with van der Waals surface area (Å²) in [5.74, 6) is -0.696. The number of halogens is 1. The molecule has 2 heterocycles. The second kappa shape index (κ2) is 8.73. The molecular formula is C22H25FN6O2. The topological polar surface area (TPSA) is 128 Å². The maximum absolute atomic E-state index is 14.7. The lowest BCUT2D eigenvalue weighted by molar-refractivity contribution is 0.100. The Balaban J connectivity index is 1.65. The number of rotatable bonds is 6. The summed E-state index contributed by atoms with van der Waals surface area (Å²) in [6, 6.07) is 10.0. The first-order valence-electron chi connectivity index (χ1n) is 10.2. The van der Waals surface area contributed by atoms with Gasteiger partial charge in [-0.3, -0.25) is 4.79 Å². The van der Waals surface area contributed by atoms with Crippen molar-refractivity contribution >= 4 is 34.1 Å². The number of aromatic nitrogens is 2. The normalized spacial score (nSPS) is 18.5. The van der Waals surface area contributed by atoms with Gasteiger partial charge in [0.05, 0.1) is 18.2 Å². The summed E-state index contributed by atoms with van der Waals surface area (Å²) in [5, 5.41) is 7.05. The van der Waals surface area contributed by atoms with E-state index in [4.69, 9.17) is 16.2 Å². The molecule has 1 aliphatic carbocycles. The quantitative estimate of drug-likeness (QED) is 0.478. The highest BCUT2D eigenvalue weighted by atomic mass is 19.1. The van der Waals surface area contributed by atoms with Gasteiger partial charge in [-0.1, -0.05) is 12.8 Å². The molecule has 162 valence electrons. The molecule has 0 saturated heterocycles. The number of nitrogens with one attached hydrogen (secondary N) is 2. The fourth-order valence-corrected chi connectivity index (χ4v) is 3.82. The third-order valence-corrected chi connectivity index (χ3v) is 5.52. The molecule has 1 fully saturated rings. The van der Waals surface area contributed by atoms with Crippen LogP contribution in [0.15, 0.2) is 36.4 Å². The molecule has 1 aliphatic rings. The Hall–Kier alpha value is -3.46. The van der Waals surface area contributed by atoms with E-state index in [2.05, 4.69) is 20.6 Å². The van der Waals surface area contributed by atoms with Crippen LogP contribution in [0.1, 0.15) is 36.0 Å². The molecule has 4 rings (SSSR count). The van der Waals surface area contributed by atoms with Crippen molar-refractivity contribution in [1.29, 1.82) is 0 Å². The minimum atomic E-state index is -0.776. The summed E-state index contributed by atoms with van der Waals surface area (Å²) < 4.78 is 19.8. The number of primary amides is 1. The number of fused-ring (bicyclic) bond motifs is 1. The van der Waals surface area contributed by atoms with Gasteiger partial charge in [-0.05, 0) is 43.2 Å². The highest BCUT2D eigenvalue weighted by Gasteiger charge is 2.24. The van der Waals surface area contributed by atoms with Gasteiger partial charge < -0.3 is 26.8 Å². The second-order valence-corrected chi connectivity index (χ2v) is 7.66. The molecule has 1 unspecified atom stereocenters. The van der Waals surface area contributed by atoms with E-state index in [0.717, 1.165) is 42.7 Å². The smallest absolute Gasteiger partial charge is 0.252 e. The summed E-state index contributed by atoms with van der Waals surface area (Å²) >= 11 is 0. The van der Waals surface area contributed by atoms with Crippen LogP contribution in [0.2, 0.25) is 0 Å². The Morgan fingerprint density at radius 3 is 2.68 bits per heavy atom. The van der Waals surface area contributed by atoms with Gasteiger partial charge in [-0.2, -0.15) is 0 Å². The number of ether oxygens (including phenoxy) is 1. The van der Waals surface area contributed by atoms with Gasteiger partial charge in [-0.15, -0.1) is 0 Å². The van der Waals surface area contributed by atoms with E-state index in [1.807, 2.05) is 18.2 Å². The molecule has 0 radical (unpaired) electrons. The molecule has 0 bridgehead atoms. The van der Waals surface area contributed by atoms with Crippen molar-refractivity contribution in [3.05, 3.63) is 47.8 Å². The summed E-state index contributed by atoms with van der Waals surface area (Å²) in [6.07, 6.45) is 3.79. The van der Waals surface area contributed by atoms with Crippen LogP contribution in [-0.2, 0) is 0 Å². The number of carbonyl (C=O) groups excluding carboxylic acids is 1. The maximum atomic E-state index is 14.7. The minimum absolute atomic E-state index is 0.0380. The maximum Gasteiger partial charge on any atom is 0.252 e. The van der Waals surface area contributed by atoms with Crippen molar-refractivity contribution in [2.24, 2.45) is 11.5 Å². The summed E-state index contributed by atoms with van der Waals surface area (Å²) in [7, 11) is 1.56. The molecule has 9 heteroatoms. The molecule has 3 aromatic rings. The van der Waals surface area contributed by atoms with Crippen LogP contribution in [0.5, 0.6) is 5.88 Å². The molecule has 0 aliphatic heterocycles. The Bertz CT molecular complexity index is 1120. The van der Waals surface area contributed by atoms with Gasteiger partial charge in [0.2, 0.25) is 5.88 Å². The van der Waals surface area contributed by atoms with Gasteiger partial charge in [0.25, 0.3) is 5.91 Å². The fraction of sp³-hybridized carbons (Fsp3) is 0.318. The number of methoxy groups -OCH3 is 1. The van der Waals surface area contributed by atoms with E-state index >= 15 is 0 Å². The number of pyridine rings is 2. The Labute approximate surface area is 179 Å². The van der Waals surface area contributed by atoms with Gasteiger partial charge in [-0.25, -0.2) is 14.4 Å². The monoisotopic (exact) mass is 424 g/mol. The molecule has 6 N–H and O–H groups in total. The van der Waals surface area contributed by atoms with Crippen molar-refractivity contribution in [3.8, 4) is 5.88 Å². The van der Waals surface area contributed by atoms with E-state index in [1.165, 1.54) is 0 Å². The molecule has 0 spiro atoms. The minimum Gasteiger partial charge on any atom is -0.481 e. The van der Waals surface area contributed by atoms with Crippen molar-refractivity contribution in [2.45, 2.75) is 37.8 Å². The standard InChI is InChI=1S/C22H25FN6O2/c1-31-19-9-6-12-10-13(7-8-17(12)27-19)26-21-14(20(25)30)11-15(23)22(29-21)28-18-5-3-2-4-16(18)24/h6-11,16,18H,2-5,24H2,1H3,(H2,25,30)(H2,26,28,29)/t16?,18-/m1/s1. The molecule has 31 heavy (non-hydrogen) atoms. The summed E-state index contributed by atoms with van der Waals surface area (Å²) in [6.45, 7) is 0. The first-order valence-corrected chi connectivity index (χ1v) is 10.2. The zero-order chi connectivity index (χ0) is 22.0. The molecular weight excluding hydrogens is 399 g/mol. The van der Waals surface area contributed by atoms with E-state index in [1.54, 1.807) is 19.2 Å². The number of hydrogen-bond donors (Lipinski definition) is 4. The number of benzene rings is 1. The van der Waals surface area contributed by atoms with Crippen LogP contribution >= 0.6 is 0 Å². The third-order valence-electron chi connectivity index (χ3n) is 5.52. The summed E-state index contributed by atoms with van der Waals surface area (Å²) in [4.78, 5) is 20.6.